The number of hydrogen-bond donors (Lipinski definition) is 2. The minimum absolute atomic E-state index is 0.221. The molecule has 0 spiro atoms. The molecule has 0 unspecified atom stereocenters. The van der Waals surface area contributed by atoms with Crippen LogP contribution in [-0.2, 0) is 0 Å². The summed E-state index contributed by atoms with van der Waals surface area (Å²) in [5, 5.41) is 2.17. The Bertz CT molecular complexity index is 851. The molecule has 20 heavy (non-hydrogen) atoms. The highest BCUT2D eigenvalue weighted by Crippen LogP contribution is 2.34. The van der Waals surface area contributed by atoms with Crippen LogP contribution in [0.3, 0.4) is 0 Å². The van der Waals surface area contributed by atoms with Gasteiger partial charge >= 0.3 is 0 Å². The first-order chi connectivity index (χ1) is 9.58. The van der Waals surface area contributed by atoms with E-state index in [0.29, 0.717) is 37.8 Å². The Morgan fingerprint density at radius 1 is 0.950 bits per heavy atom. The molecule has 0 aliphatic heterocycles. The molecule has 0 bridgehead atoms. The van der Waals surface area contributed by atoms with Crippen molar-refractivity contribution in [3.63, 3.8) is 0 Å². The molecule has 2 aromatic carbocycles. The predicted molar refractivity (Wildman–Crippen MR) is 84.4 cm³/mol. The zero-order valence-electron chi connectivity index (χ0n) is 10.3. The van der Waals surface area contributed by atoms with E-state index < -0.39 is 0 Å². The maximum absolute atomic E-state index is 12.2. The molecule has 5 heteroatoms. The molecule has 0 amide bonds. The van der Waals surface area contributed by atoms with Crippen LogP contribution < -0.4 is 11.3 Å². The predicted octanol–water partition coefficient (Wildman–Crippen LogP) is 4.08. The van der Waals surface area contributed by atoms with Gasteiger partial charge in [0.2, 0.25) is 0 Å². The van der Waals surface area contributed by atoms with Crippen LogP contribution in [0.2, 0.25) is 10.0 Å². The number of halogens is 2. The van der Waals surface area contributed by atoms with Gasteiger partial charge in [0.25, 0.3) is 5.56 Å². The lowest BCUT2D eigenvalue weighted by Crippen LogP contribution is -2.08. The number of aromatic nitrogens is 1. The fourth-order valence-electron chi connectivity index (χ4n) is 2.20. The molecule has 0 saturated carbocycles. The normalized spacial score (nSPS) is 10.9. The highest BCUT2D eigenvalue weighted by molar-refractivity contribution is 6.39. The molecular formula is C15H10Cl2N2O. The largest absolute Gasteiger partial charge is 0.398 e. The molecular weight excluding hydrogens is 295 g/mol. The molecule has 0 radical (unpaired) electrons. The van der Waals surface area contributed by atoms with Gasteiger partial charge in [-0.15, -0.1) is 0 Å². The topological polar surface area (TPSA) is 58.9 Å². The minimum atomic E-state index is -0.221. The number of aromatic amines is 1. The summed E-state index contributed by atoms with van der Waals surface area (Å²) in [5.74, 6) is 0. The molecule has 0 saturated heterocycles. The Hall–Kier alpha value is -1.97. The van der Waals surface area contributed by atoms with Crippen LogP contribution >= 0.6 is 23.2 Å². The second-order valence-electron chi connectivity index (χ2n) is 4.42. The number of rotatable bonds is 1. The minimum Gasteiger partial charge on any atom is -0.398 e. The van der Waals surface area contributed by atoms with Crippen molar-refractivity contribution in [1.82, 2.24) is 4.98 Å². The number of nitrogen functional groups attached to an aromatic ring is 1. The molecule has 3 N–H and O–H groups in total. The van der Waals surface area contributed by atoms with Crippen molar-refractivity contribution in [2.24, 2.45) is 0 Å². The first-order valence-electron chi connectivity index (χ1n) is 5.94. The third-order valence-corrected chi connectivity index (χ3v) is 3.78. The number of anilines is 1. The lowest BCUT2D eigenvalue weighted by molar-refractivity contribution is 1.28. The van der Waals surface area contributed by atoms with Gasteiger partial charge in [0.15, 0.2) is 0 Å². The number of nitrogens with two attached hydrogens (primary N) is 1. The number of benzene rings is 2. The van der Waals surface area contributed by atoms with Gasteiger partial charge in [0.05, 0.1) is 15.7 Å². The van der Waals surface area contributed by atoms with Crippen LogP contribution in [0, 0.1) is 0 Å². The number of nitrogens with one attached hydrogen (secondary N) is 1. The fraction of sp³-hybridized carbons (Fsp3) is 0. The number of hydrogen-bond acceptors (Lipinski definition) is 2. The number of fused-ring (bicyclic) bond motifs is 1. The molecule has 100 valence electrons. The molecule has 3 nitrogen and oxygen atoms in total. The van der Waals surface area contributed by atoms with Crippen molar-refractivity contribution in [2.75, 3.05) is 5.73 Å². The van der Waals surface area contributed by atoms with Gasteiger partial charge in [-0.1, -0.05) is 35.3 Å². The fourth-order valence-corrected chi connectivity index (χ4v) is 2.80. The molecule has 0 aliphatic rings. The second-order valence-corrected chi connectivity index (χ2v) is 5.23. The van der Waals surface area contributed by atoms with Crippen LogP contribution in [0.15, 0.2) is 47.3 Å². The summed E-state index contributed by atoms with van der Waals surface area (Å²) in [6.07, 6.45) is 0. The van der Waals surface area contributed by atoms with Gasteiger partial charge in [-0.25, -0.2) is 0 Å². The standard InChI is InChI=1S/C15H10Cl2N2O/c16-10-4-2-5-11(17)14(10)13-7-9-8(15(20)19-13)3-1-6-12(9)18/h1-7H,18H2,(H,19,20). The van der Waals surface area contributed by atoms with Crippen LogP contribution in [0.1, 0.15) is 0 Å². The Labute approximate surface area is 124 Å². The maximum atomic E-state index is 12.2. The molecule has 1 aromatic heterocycles. The van der Waals surface area contributed by atoms with E-state index in [9.17, 15) is 4.79 Å². The van der Waals surface area contributed by atoms with Gasteiger partial charge in [-0.05, 0) is 30.3 Å². The average Bonchev–Trinajstić information content (AvgIpc) is 2.40. The van der Waals surface area contributed by atoms with Crippen molar-refractivity contribution in [3.05, 3.63) is 62.9 Å². The molecule has 1 heterocycles. The van der Waals surface area contributed by atoms with Crippen LogP contribution in [0.5, 0.6) is 0 Å². The second kappa shape index (κ2) is 4.85. The van der Waals surface area contributed by atoms with Crippen molar-refractivity contribution < 1.29 is 0 Å². The Morgan fingerprint density at radius 2 is 1.60 bits per heavy atom. The van der Waals surface area contributed by atoms with E-state index in [4.69, 9.17) is 28.9 Å². The zero-order chi connectivity index (χ0) is 14.3. The molecule has 3 aromatic rings. The summed E-state index contributed by atoms with van der Waals surface area (Å²) < 4.78 is 0. The van der Waals surface area contributed by atoms with Crippen molar-refractivity contribution in [1.29, 1.82) is 0 Å². The lowest BCUT2D eigenvalue weighted by Gasteiger charge is -2.09. The van der Waals surface area contributed by atoms with E-state index in [1.54, 1.807) is 42.5 Å². The summed E-state index contributed by atoms with van der Waals surface area (Å²) >= 11 is 12.3. The summed E-state index contributed by atoms with van der Waals surface area (Å²) in [6, 6.07) is 12.2. The molecule has 0 fully saturated rings. The van der Waals surface area contributed by atoms with E-state index in [1.807, 2.05) is 0 Å². The highest BCUT2D eigenvalue weighted by atomic mass is 35.5. The Balaban J connectivity index is 2.39. The number of pyridine rings is 1. The van der Waals surface area contributed by atoms with Gasteiger partial charge in [0.1, 0.15) is 0 Å². The molecule has 0 aliphatic carbocycles. The van der Waals surface area contributed by atoms with Crippen LogP contribution in [0.4, 0.5) is 5.69 Å². The molecule has 0 atom stereocenters. The van der Waals surface area contributed by atoms with E-state index in [1.165, 1.54) is 0 Å². The third kappa shape index (κ3) is 2.05. The van der Waals surface area contributed by atoms with Crippen molar-refractivity contribution in [2.45, 2.75) is 0 Å². The highest BCUT2D eigenvalue weighted by Gasteiger charge is 2.11. The van der Waals surface area contributed by atoms with Gasteiger partial charge in [0, 0.05) is 22.0 Å². The first-order valence-corrected chi connectivity index (χ1v) is 6.69. The maximum Gasteiger partial charge on any atom is 0.256 e. The van der Waals surface area contributed by atoms with Gasteiger partial charge in [-0.3, -0.25) is 4.79 Å². The SMILES string of the molecule is Nc1cccc2c(=O)[nH]c(-c3c(Cl)cccc3Cl)cc12. The zero-order valence-corrected chi connectivity index (χ0v) is 11.8. The summed E-state index contributed by atoms with van der Waals surface area (Å²) in [5.41, 5.74) is 7.40. The summed E-state index contributed by atoms with van der Waals surface area (Å²) in [6.45, 7) is 0. The third-order valence-electron chi connectivity index (χ3n) is 3.15. The van der Waals surface area contributed by atoms with Crippen molar-refractivity contribution in [3.8, 4) is 11.3 Å². The van der Waals surface area contributed by atoms with Crippen molar-refractivity contribution >= 4 is 39.7 Å². The number of H-pyrrole nitrogens is 1. The Kier molecular flexibility index (Phi) is 3.16. The van der Waals surface area contributed by atoms with Crippen LogP contribution in [0.25, 0.3) is 22.0 Å². The van der Waals surface area contributed by atoms with Gasteiger partial charge in [-0.2, -0.15) is 0 Å². The van der Waals surface area contributed by atoms with Crippen LogP contribution in [-0.4, -0.2) is 4.98 Å². The summed E-state index contributed by atoms with van der Waals surface area (Å²) in [7, 11) is 0. The Morgan fingerprint density at radius 3 is 2.30 bits per heavy atom. The van der Waals surface area contributed by atoms with E-state index in [2.05, 4.69) is 4.98 Å². The van der Waals surface area contributed by atoms with E-state index in [0.717, 1.165) is 0 Å². The first kappa shape index (κ1) is 13.0. The smallest absolute Gasteiger partial charge is 0.256 e. The quantitative estimate of drug-likeness (QED) is 0.665. The van der Waals surface area contributed by atoms with Gasteiger partial charge < -0.3 is 10.7 Å². The average molecular weight is 305 g/mol. The monoisotopic (exact) mass is 304 g/mol. The summed E-state index contributed by atoms with van der Waals surface area (Å²) in [4.78, 5) is 14.9. The lowest BCUT2D eigenvalue weighted by atomic mass is 10.1. The van der Waals surface area contributed by atoms with E-state index in [-0.39, 0.29) is 5.56 Å². The van der Waals surface area contributed by atoms with E-state index >= 15 is 0 Å². The molecule has 3 rings (SSSR count).